The lowest BCUT2D eigenvalue weighted by molar-refractivity contribution is -0.143. The van der Waals surface area contributed by atoms with E-state index in [2.05, 4.69) is 21.3 Å². The average molecular weight is 620 g/mol. The number of nitrogens with zero attached hydrogens (tertiary/aromatic N) is 1. The number of fused-ring (bicyclic) bond motifs is 1. The molecule has 4 rings (SSSR count). The first kappa shape index (κ1) is 34.0. The maximum absolute atomic E-state index is 14.4. The molecular weight excluding hydrogens is 570 g/mol. The number of hydrogen-bond donors (Lipinski definition) is 4. The molecule has 2 aromatic carbocycles. The Morgan fingerprint density at radius 2 is 1.49 bits per heavy atom. The number of carbonyl (C=O) groups excluding carboxylic acids is 4. The second-order valence-corrected chi connectivity index (χ2v) is 13.0. The smallest absolute Gasteiger partial charge is 0.408 e. The van der Waals surface area contributed by atoms with Crippen LogP contribution in [0.4, 0.5) is 4.79 Å². The molecule has 0 aromatic heterocycles. The van der Waals surface area contributed by atoms with Gasteiger partial charge in [-0.2, -0.15) is 0 Å². The number of hydrogen-bond acceptors (Lipinski definition) is 6. The molecule has 0 aliphatic carbocycles. The predicted molar refractivity (Wildman–Crippen MR) is 173 cm³/mol. The number of nitrogens with one attached hydrogen (secondary N) is 4. The van der Waals surface area contributed by atoms with Crippen LogP contribution in [-0.4, -0.2) is 71.6 Å². The molecule has 4 amide bonds. The zero-order chi connectivity index (χ0) is 32.6. The quantitative estimate of drug-likeness (QED) is 0.300. The Morgan fingerprint density at radius 1 is 0.889 bits per heavy atom. The highest BCUT2D eigenvalue weighted by Crippen LogP contribution is 2.35. The lowest BCUT2D eigenvalue weighted by atomic mass is 9.92. The van der Waals surface area contributed by atoms with Gasteiger partial charge in [0.05, 0.1) is 6.04 Å². The number of rotatable bonds is 11. The normalized spacial score (nSPS) is 22.3. The summed E-state index contributed by atoms with van der Waals surface area (Å²) < 4.78 is 5.36. The molecule has 2 aliphatic rings. The maximum atomic E-state index is 14.4. The van der Waals surface area contributed by atoms with E-state index in [1.807, 2.05) is 67.6 Å². The van der Waals surface area contributed by atoms with Crippen molar-refractivity contribution < 1.29 is 23.9 Å². The van der Waals surface area contributed by atoms with Crippen molar-refractivity contribution in [3.8, 4) is 0 Å². The molecule has 2 saturated heterocycles. The second-order valence-electron chi connectivity index (χ2n) is 13.0. The molecule has 0 saturated carbocycles. The van der Waals surface area contributed by atoms with Crippen LogP contribution < -0.4 is 21.3 Å². The van der Waals surface area contributed by atoms with Gasteiger partial charge in [0.15, 0.2) is 0 Å². The van der Waals surface area contributed by atoms with E-state index in [9.17, 15) is 19.2 Å². The summed E-state index contributed by atoms with van der Waals surface area (Å²) in [6, 6.07) is 16.8. The summed E-state index contributed by atoms with van der Waals surface area (Å²) in [5.41, 5.74) is 1.19. The van der Waals surface area contributed by atoms with Crippen molar-refractivity contribution in [1.82, 2.24) is 26.2 Å². The molecule has 0 bridgehead atoms. The molecule has 2 fully saturated rings. The Kier molecular flexibility index (Phi) is 11.6. The standard InChI is InChI=1S/C35H49N5O5/c1-6-27(37-34(44)45-35(3,4)5)31(41)39-30-25(22-36-7-2)18-19-26-20-21-28(40(26)33(30)43)32(42)38-29(23-14-10-8-11-15-23)24-16-12-9-13-17-24/h8-17,25-30,36H,6-7,18-22H2,1-5H3,(H,37,44)(H,38,42)(H,39,41)/t25-,26+,27+,28+,30+/m1/s1. The summed E-state index contributed by atoms with van der Waals surface area (Å²) in [7, 11) is 0. The number of alkyl carbamates (subject to hydrolysis) is 1. The number of benzene rings is 2. The second kappa shape index (κ2) is 15.4. The van der Waals surface area contributed by atoms with Crippen molar-refractivity contribution in [2.45, 2.75) is 103 Å². The third-order valence-electron chi connectivity index (χ3n) is 8.59. The molecule has 4 N–H and O–H groups in total. The predicted octanol–water partition coefficient (Wildman–Crippen LogP) is 4.06. The molecule has 5 atom stereocenters. The molecule has 10 heteroatoms. The molecule has 0 radical (unpaired) electrons. The lowest BCUT2D eigenvalue weighted by Crippen LogP contribution is -2.59. The van der Waals surface area contributed by atoms with Crippen LogP contribution in [0.25, 0.3) is 0 Å². The summed E-state index contributed by atoms with van der Waals surface area (Å²) in [6.45, 7) is 10.3. The van der Waals surface area contributed by atoms with Crippen molar-refractivity contribution in [3.63, 3.8) is 0 Å². The van der Waals surface area contributed by atoms with Crippen LogP contribution >= 0.6 is 0 Å². The van der Waals surface area contributed by atoms with Crippen LogP contribution in [-0.2, 0) is 19.1 Å². The van der Waals surface area contributed by atoms with Crippen molar-refractivity contribution in [2.24, 2.45) is 5.92 Å². The van der Waals surface area contributed by atoms with Gasteiger partial charge < -0.3 is 30.9 Å². The molecular formula is C35H49N5O5. The van der Waals surface area contributed by atoms with Crippen LogP contribution in [0.3, 0.4) is 0 Å². The van der Waals surface area contributed by atoms with Crippen molar-refractivity contribution >= 4 is 23.8 Å². The molecule has 0 unspecified atom stereocenters. The summed E-state index contributed by atoms with van der Waals surface area (Å²) in [4.78, 5) is 56.1. The fourth-order valence-electron chi connectivity index (χ4n) is 6.37. The van der Waals surface area contributed by atoms with Gasteiger partial charge in [-0.15, -0.1) is 0 Å². The number of carbonyl (C=O) groups is 4. The highest BCUT2D eigenvalue weighted by atomic mass is 16.6. The van der Waals surface area contributed by atoms with Crippen LogP contribution in [0.2, 0.25) is 0 Å². The van der Waals surface area contributed by atoms with Gasteiger partial charge in [-0.3, -0.25) is 14.4 Å². The molecule has 2 aromatic rings. The van der Waals surface area contributed by atoms with E-state index in [1.165, 1.54) is 0 Å². The van der Waals surface area contributed by atoms with Crippen molar-refractivity contribution in [3.05, 3.63) is 71.8 Å². The van der Waals surface area contributed by atoms with Gasteiger partial charge in [0, 0.05) is 18.5 Å². The Hall–Kier alpha value is -3.92. The number of ether oxygens (including phenoxy) is 1. The average Bonchev–Trinajstić information content (AvgIpc) is 3.40. The monoisotopic (exact) mass is 619 g/mol. The highest BCUT2D eigenvalue weighted by Gasteiger charge is 2.48. The van der Waals surface area contributed by atoms with Gasteiger partial charge in [-0.05, 0) is 70.5 Å². The van der Waals surface area contributed by atoms with Crippen LogP contribution in [0, 0.1) is 5.92 Å². The Balaban J connectivity index is 1.56. The Morgan fingerprint density at radius 3 is 2.04 bits per heavy atom. The van der Waals surface area contributed by atoms with Crippen molar-refractivity contribution in [2.75, 3.05) is 13.1 Å². The zero-order valence-electron chi connectivity index (χ0n) is 27.2. The fourth-order valence-corrected chi connectivity index (χ4v) is 6.37. The van der Waals surface area contributed by atoms with Gasteiger partial charge >= 0.3 is 6.09 Å². The van der Waals surface area contributed by atoms with Gasteiger partial charge in [0.25, 0.3) is 0 Å². The van der Waals surface area contributed by atoms with E-state index < -0.39 is 35.7 Å². The molecule has 45 heavy (non-hydrogen) atoms. The molecule has 0 spiro atoms. The minimum atomic E-state index is -0.873. The highest BCUT2D eigenvalue weighted by molar-refractivity contribution is 5.95. The Labute approximate surface area is 267 Å². The Bertz CT molecular complexity index is 1260. The van der Waals surface area contributed by atoms with Crippen LogP contribution in [0.1, 0.15) is 83.9 Å². The van der Waals surface area contributed by atoms with E-state index in [0.29, 0.717) is 25.8 Å². The minimum Gasteiger partial charge on any atom is -0.444 e. The molecule has 2 heterocycles. The summed E-state index contributed by atoms with van der Waals surface area (Å²) in [6.07, 6.45) is 2.36. The summed E-state index contributed by atoms with van der Waals surface area (Å²) in [5, 5.41) is 12.2. The maximum Gasteiger partial charge on any atom is 0.408 e. The van der Waals surface area contributed by atoms with Gasteiger partial charge in [-0.25, -0.2) is 4.79 Å². The SMILES string of the molecule is CCNC[C@H]1CC[C@H]2CC[C@@H](C(=O)NC(c3ccccc3)c3ccccc3)N2C(=O)[C@H]1NC(=O)[C@H](CC)NC(=O)OC(C)(C)C. The van der Waals surface area contributed by atoms with Crippen LogP contribution in [0.15, 0.2) is 60.7 Å². The molecule has 2 aliphatic heterocycles. The van der Waals surface area contributed by atoms with Gasteiger partial charge in [0.1, 0.15) is 23.7 Å². The van der Waals surface area contributed by atoms with E-state index in [4.69, 9.17) is 4.74 Å². The first-order chi connectivity index (χ1) is 21.5. The van der Waals surface area contributed by atoms with E-state index in [-0.39, 0.29) is 29.8 Å². The molecule has 244 valence electrons. The third kappa shape index (κ3) is 8.84. The summed E-state index contributed by atoms with van der Waals surface area (Å²) in [5.74, 6) is -1.09. The summed E-state index contributed by atoms with van der Waals surface area (Å²) >= 11 is 0. The molecule has 10 nitrogen and oxygen atoms in total. The fraction of sp³-hybridized carbons (Fsp3) is 0.543. The van der Waals surface area contributed by atoms with E-state index in [1.54, 1.807) is 32.6 Å². The van der Waals surface area contributed by atoms with Gasteiger partial charge in [-0.1, -0.05) is 74.5 Å². The first-order valence-electron chi connectivity index (χ1n) is 16.2. The van der Waals surface area contributed by atoms with E-state index >= 15 is 0 Å². The van der Waals surface area contributed by atoms with E-state index in [0.717, 1.165) is 30.5 Å². The minimum absolute atomic E-state index is 0.0898. The topological polar surface area (TPSA) is 129 Å². The van der Waals surface area contributed by atoms with Crippen molar-refractivity contribution in [1.29, 1.82) is 0 Å². The van der Waals surface area contributed by atoms with Gasteiger partial charge in [0.2, 0.25) is 17.7 Å². The lowest BCUT2D eigenvalue weighted by Gasteiger charge is -2.33. The first-order valence-corrected chi connectivity index (χ1v) is 16.2. The van der Waals surface area contributed by atoms with Crippen LogP contribution in [0.5, 0.6) is 0 Å². The zero-order valence-corrected chi connectivity index (χ0v) is 27.2. The third-order valence-corrected chi connectivity index (χ3v) is 8.59. The largest absolute Gasteiger partial charge is 0.444 e. The number of amides is 4.